The van der Waals surface area contributed by atoms with Crippen LogP contribution in [0.2, 0.25) is 5.02 Å². The summed E-state index contributed by atoms with van der Waals surface area (Å²) in [6, 6.07) is 13.4. The third kappa shape index (κ3) is 8.01. The number of methoxy groups -OCH3 is 1. The largest absolute Gasteiger partial charge is 0.496 e. The van der Waals surface area contributed by atoms with Crippen molar-refractivity contribution in [2.24, 2.45) is 11.3 Å². The second-order valence-corrected chi connectivity index (χ2v) is 17.7. The van der Waals surface area contributed by atoms with Gasteiger partial charge in [-0.15, -0.1) is 11.3 Å². The first kappa shape index (κ1) is 38.5. The highest BCUT2D eigenvalue weighted by Gasteiger charge is 2.39. The van der Waals surface area contributed by atoms with Crippen LogP contribution >= 0.6 is 22.9 Å². The fourth-order valence-corrected chi connectivity index (χ4v) is 9.36. The third-order valence-corrected chi connectivity index (χ3v) is 13.1. The SMILES string of the molecule is COc1ccc(-c2ccc(S(=O)(=O)N(C)C)cc2)cc1CN(C(=O)c1sc2c(F)ccc(F)c2c1Cl)C1CCC(C(NC(=O)O)C(C)(C)C)CC1. The Morgan fingerprint density at radius 1 is 1.00 bits per heavy atom. The lowest BCUT2D eigenvalue weighted by Gasteiger charge is -2.43. The molecule has 0 saturated heterocycles. The predicted molar refractivity (Wildman–Crippen MR) is 196 cm³/mol. The van der Waals surface area contributed by atoms with Crippen molar-refractivity contribution in [2.75, 3.05) is 21.2 Å². The number of nitrogens with one attached hydrogen (secondary N) is 1. The molecule has 0 spiro atoms. The van der Waals surface area contributed by atoms with E-state index < -0.39 is 33.7 Å². The fourth-order valence-electron chi connectivity index (χ4n) is 6.95. The first-order valence-corrected chi connectivity index (χ1v) is 19.1. The summed E-state index contributed by atoms with van der Waals surface area (Å²) < 4.78 is 61.8. The van der Waals surface area contributed by atoms with Crippen molar-refractivity contribution in [1.82, 2.24) is 14.5 Å². The Labute approximate surface area is 306 Å². The lowest BCUT2D eigenvalue weighted by molar-refractivity contribution is 0.0543. The van der Waals surface area contributed by atoms with E-state index >= 15 is 0 Å². The second kappa shape index (κ2) is 15.1. The van der Waals surface area contributed by atoms with Crippen LogP contribution in [-0.4, -0.2) is 68.0 Å². The normalized spacial score (nSPS) is 17.4. The summed E-state index contributed by atoms with van der Waals surface area (Å²) in [6.07, 6.45) is 1.30. The molecule has 1 unspecified atom stereocenters. The molecule has 1 heterocycles. The molecule has 274 valence electrons. The van der Waals surface area contributed by atoms with Crippen LogP contribution in [0.15, 0.2) is 59.5 Å². The monoisotopic (exact) mass is 761 g/mol. The zero-order chi connectivity index (χ0) is 37.4. The highest BCUT2D eigenvalue weighted by atomic mass is 35.5. The number of carboxylic acid groups (broad SMARTS) is 1. The quantitative estimate of drug-likeness (QED) is 0.167. The average molecular weight is 762 g/mol. The van der Waals surface area contributed by atoms with E-state index in [4.69, 9.17) is 16.3 Å². The summed E-state index contributed by atoms with van der Waals surface area (Å²) >= 11 is 7.44. The van der Waals surface area contributed by atoms with Crippen LogP contribution in [0.5, 0.6) is 5.75 Å². The number of carbonyl (C=O) groups excluding carboxylic acids is 1. The zero-order valence-corrected chi connectivity index (χ0v) is 31.7. The standard InChI is InChI=1S/C37H42ClF2N3O6S2/c1-37(2,3)34(41-36(45)46)22-7-12-25(13-8-22)43(35(44)33-31(38)30-27(39)16-17-28(40)32(30)50-33)20-24-19-23(11-18-29(24)49-6)21-9-14-26(15-10-21)51(47,48)42(4)5/h9-11,14-19,22,25,34,41H,7-8,12-13,20H2,1-6H3,(H,45,46). The number of carbonyl (C=O) groups is 2. The smallest absolute Gasteiger partial charge is 0.404 e. The highest BCUT2D eigenvalue weighted by Crippen LogP contribution is 2.42. The summed E-state index contributed by atoms with van der Waals surface area (Å²) in [5.41, 5.74) is 1.82. The van der Waals surface area contributed by atoms with Crippen molar-refractivity contribution in [1.29, 1.82) is 0 Å². The van der Waals surface area contributed by atoms with Crippen molar-refractivity contribution in [3.05, 3.63) is 81.7 Å². The van der Waals surface area contributed by atoms with Crippen LogP contribution in [0.3, 0.4) is 0 Å². The summed E-state index contributed by atoms with van der Waals surface area (Å²) in [5.74, 6) is -1.35. The number of halogens is 3. The van der Waals surface area contributed by atoms with Gasteiger partial charge in [0.15, 0.2) is 0 Å². The van der Waals surface area contributed by atoms with Gasteiger partial charge in [0, 0.05) is 38.3 Å². The van der Waals surface area contributed by atoms with Gasteiger partial charge in [-0.05, 0) is 84.5 Å². The van der Waals surface area contributed by atoms with Crippen molar-refractivity contribution in [2.45, 2.75) is 70.0 Å². The topological polar surface area (TPSA) is 116 Å². The molecule has 0 radical (unpaired) electrons. The second-order valence-electron chi connectivity index (χ2n) is 14.1. The lowest BCUT2D eigenvalue weighted by atomic mass is 9.72. The van der Waals surface area contributed by atoms with Crippen LogP contribution in [-0.2, 0) is 16.6 Å². The molecule has 14 heteroatoms. The van der Waals surface area contributed by atoms with E-state index in [1.807, 2.05) is 32.9 Å². The van der Waals surface area contributed by atoms with Gasteiger partial charge < -0.3 is 20.1 Å². The number of nitrogens with zero attached hydrogens (tertiary/aromatic N) is 2. The zero-order valence-electron chi connectivity index (χ0n) is 29.3. The Balaban J connectivity index is 1.53. The maximum absolute atomic E-state index is 14.9. The number of rotatable bonds is 10. The first-order chi connectivity index (χ1) is 23.9. The molecular weight excluding hydrogens is 720 g/mol. The summed E-state index contributed by atoms with van der Waals surface area (Å²) in [4.78, 5) is 28.1. The van der Waals surface area contributed by atoms with E-state index in [0.29, 0.717) is 37.0 Å². The molecule has 9 nitrogen and oxygen atoms in total. The summed E-state index contributed by atoms with van der Waals surface area (Å²) in [7, 11) is 0.830. The van der Waals surface area contributed by atoms with Crippen molar-refractivity contribution >= 4 is 55.0 Å². The fraction of sp³-hybridized carbons (Fsp3) is 0.405. The van der Waals surface area contributed by atoms with Crippen LogP contribution in [0.4, 0.5) is 13.6 Å². The van der Waals surface area contributed by atoms with Gasteiger partial charge in [-0.3, -0.25) is 4.79 Å². The van der Waals surface area contributed by atoms with E-state index in [0.717, 1.165) is 38.9 Å². The molecule has 1 aliphatic rings. The van der Waals surface area contributed by atoms with Crippen molar-refractivity contribution < 1.29 is 36.6 Å². The molecule has 0 bridgehead atoms. The minimum atomic E-state index is -3.62. The number of amides is 2. The summed E-state index contributed by atoms with van der Waals surface area (Å²) in [5, 5.41) is 12.0. The Hall–Kier alpha value is -3.78. The van der Waals surface area contributed by atoms with Crippen LogP contribution < -0.4 is 10.1 Å². The molecular formula is C37H42ClF2N3O6S2. The lowest BCUT2D eigenvalue weighted by Crippen LogP contribution is -2.50. The Bertz CT molecular complexity index is 2040. The molecule has 1 fully saturated rings. The van der Waals surface area contributed by atoms with E-state index in [2.05, 4.69) is 5.32 Å². The average Bonchev–Trinajstić information content (AvgIpc) is 3.45. The molecule has 1 saturated carbocycles. The van der Waals surface area contributed by atoms with Gasteiger partial charge >= 0.3 is 6.09 Å². The van der Waals surface area contributed by atoms with Gasteiger partial charge in [0.1, 0.15) is 22.3 Å². The Kier molecular flexibility index (Phi) is 11.4. The van der Waals surface area contributed by atoms with Gasteiger partial charge in [-0.1, -0.05) is 50.6 Å². The summed E-state index contributed by atoms with van der Waals surface area (Å²) in [6.45, 7) is 6.05. The number of benzene rings is 3. The number of ether oxygens (including phenoxy) is 1. The molecule has 2 N–H and O–H groups in total. The van der Waals surface area contributed by atoms with E-state index in [-0.39, 0.29) is 54.8 Å². The van der Waals surface area contributed by atoms with Crippen molar-refractivity contribution in [3.8, 4) is 16.9 Å². The van der Waals surface area contributed by atoms with Crippen LogP contribution in [0.1, 0.15) is 61.7 Å². The number of hydrogen-bond acceptors (Lipinski definition) is 6. The number of sulfonamides is 1. The third-order valence-electron chi connectivity index (χ3n) is 9.59. The van der Waals surface area contributed by atoms with Gasteiger partial charge in [0.25, 0.3) is 5.91 Å². The van der Waals surface area contributed by atoms with E-state index in [1.54, 1.807) is 23.1 Å². The molecule has 1 aliphatic carbocycles. The molecule has 51 heavy (non-hydrogen) atoms. The van der Waals surface area contributed by atoms with Gasteiger partial charge in [-0.25, -0.2) is 26.3 Å². The van der Waals surface area contributed by atoms with Gasteiger partial charge in [0.2, 0.25) is 10.0 Å². The van der Waals surface area contributed by atoms with E-state index in [1.165, 1.54) is 33.3 Å². The van der Waals surface area contributed by atoms with Crippen LogP contribution in [0.25, 0.3) is 21.2 Å². The predicted octanol–water partition coefficient (Wildman–Crippen LogP) is 8.64. The van der Waals surface area contributed by atoms with Gasteiger partial charge in [0.05, 0.1) is 27.1 Å². The Morgan fingerprint density at radius 3 is 2.16 bits per heavy atom. The molecule has 2 amide bonds. The number of fused-ring (bicyclic) bond motifs is 1. The van der Waals surface area contributed by atoms with Crippen LogP contribution in [0, 0.1) is 23.0 Å². The minimum absolute atomic E-state index is 0.0192. The molecule has 5 rings (SSSR count). The maximum atomic E-state index is 14.9. The highest BCUT2D eigenvalue weighted by molar-refractivity contribution is 7.89. The maximum Gasteiger partial charge on any atom is 0.404 e. The molecule has 1 aromatic heterocycles. The molecule has 4 aromatic rings. The molecule has 3 aromatic carbocycles. The first-order valence-electron chi connectivity index (χ1n) is 16.5. The van der Waals surface area contributed by atoms with Crippen molar-refractivity contribution in [3.63, 3.8) is 0 Å². The number of thiophene rings is 1. The van der Waals surface area contributed by atoms with E-state index in [9.17, 15) is 31.9 Å². The molecule has 0 aliphatic heterocycles. The molecule has 1 atom stereocenters. The minimum Gasteiger partial charge on any atom is -0.496 e. The van der Waals surface area contributed by atoms with Gasteiger partial charge in [-0.2, -0.15) is 0 Å². The number of hydrogen-bond donors (Lipinski definition) is 2. The Morgan fingerprint density at radius 2 is 1.61 bits per heavy atom.